The van der Waals surface area contributed by atoms with E-state index in [-0.39, 0.29) is 12.5 Å². The molecule has 1 rings (SSSR count). The number of halogens is 1. The van der Waals surface area contributed by atoms with Gasteiger partial charge in [0, 0.05) is 19.2 Å². The van der Waals surface area contributed by atoms with Crippen molar-refractivity contribution in [2.45, 2.75) is 13.0 Å². The first-order valence-corrected chi connectivity index (χ1v) is 6.30. The van der Waals surface area contributed by atoms with Gasteiger partial charge in [-0.15, -0.1) is 0 Å². The Labute approximate surface area is 119 Å². The van der Waals surface area contributed by atoms with E-state index in [1.54, 1.807) is 25.3 Å². The fourth-order valence-corrected chi connectivity index (χ4v) is 1.98. The van der Waals surface area contributed by atoms with Crippen LogP contribution in [0.1, 0.15) is 6.92 Å². The average molecular weight is 331 g/mol. The molecule has 0 saturated carbocycles. The van der Waals surface area contributed by atoms with Crippen LogP contribution < -0.4 is 15.4 Å². The van der Waals surface area contributed by atoms with E-state index in [1.807, 2.05) is 0 Å². The Hall–Kier alpha value is -1.76. The molecule has 1 aromatic carbocycles. The first kappa shape index (κ1) is 15.3. The third kappa shape index (κ3) is 4.78. The van der Waals surface area contributed by atoms with Crippen molar-refractivity contribution in [2.75, 3.05) is 19.0 Å². The molecule has 0 radical (unpaired) electrons. The summed E-state index contributed by atoms with van der Waals surface area (Å²) in [4.78, 5) is 21.8. The van der Waals surface area contributed by atoms with Crippen molar-refractivity contribution < 1.29 is 19.4 Å². The predicted octanol–water partition coefficient (Wildman–Crippen LogP) is 1.46. The van der Waals surface area contributed by atoms with Crippen molar-refractivity contribution in [1.82, 2.24) is 5.32 Å². The van der Waals surface area contributed by atoms with Gasteiger partial charge in [0.05, 0.1) is 11.6 Å². The van der Waals surface area contributed by atoms with E-state index in [9.17, 15) is 9.59 Å². The fourth-order valence-electron chi connectivity index (χ4n) is 1.44. The van der Waals surface area contributed by atoms with Crippen molar-refractivity contribution in [1.29, 1.82) is 0 Å². The molecule has 19 heavy (non-hydrogen) atoms. The third-order valence-electron chi connectivity index (χ3n) is 2.34. The van der Waals surface area contributed by atoms with Crippen LogP contribution in [-0.2, 0) is 9.59 Å². The second-order valence-electron chi connectivity index (χ2n) is 3.82. The van der Waals surface area contributed by atoms with Crippen molar-refractivity contribution in [3.63, 3.8) is 0 Å². The number of anilines is 1. The summed E-state index contributed by atoms with van der Waals surface area (Å²) in [7, 11) is 1.56. The van der Waals surface area contributed by atoms with Crippen molar-refractivity contribution >= 4 is 33.5 Å². The molecule has 1 atom stereocenters. The van der Waals surface area contributed by atoms with Crippen LogP contribution in [0, 0.1) is 0 Å². The third-order valence-corrected chi connectivity index (χ3v) is 2.96. The number of carbonyl (C=O) groups is 2. The average Bonchev–Trinajstić information content (AvgIpc) is 2.34. The zero-order valence-corrected chi connectivity index (χ0v) is 12.2. The van der Waals surface area contributed by atoms with E-state index in [4.69, 9.17) is 9.84 Å². The summed E-state index contributed by atoms with van der Waals surface area (Å²) in [6, 6.07) is 4.31. The summed E-state index contributed by atoms with van der Waals surface area (Å²) < 4.78 is 5.85. The Morgan fingerprint density at radius 3 is 2.63 bits per heavy atom. The van der Waals surface area contributed by atoms with Gasteiger partial charge in [-0.3, -0.25) is 4.79 Å². The van der Waals surface area contributed by atoms with Crippen LogP contribution in [0.3, 0.4) is 0 Å². The summed E-state index contributed by atoms with van der Waals surface area (Å²) >= 11 is 3.33. The van der Waals surface area contributed by atoms with Crippen molar-refractivity contribution in [3.05, 3.63) is 22.7 Å². The smallest absolute Gasteiger partial charge is 0.328 e. The number of rotatable bonds is 6. The molecule has 3 N–H and O–H groups in total. The molecule has 0 fully saturated rings. The highest BCUT2D eigenvalue weighted by atomic mass is 79.9. The lowest BCUT2D eigenvalue weighted by Gasteiger charge is -2.15. The van der Waals surface area contributed by atoms with Crippen LogP contribution in [0.4, 0.5) is 5.69 Å². The van der Waals surface area contributed by atoms with Crippen LogP contribution >= 0.6 is 15.9 Å². The number of amides is 1. The van der Waals surface area contributed by atoms with E-state index < -0.39 is 12.0 Å². The molecule has 0 saturated heterocycles. The zero-order chi connectivity index (χ0) is 14.4. The molecule has 0 aliphatic carbocycles. The van der Waals surface area contributed by atoms with Crippen LogP contribution in [-0.4, -0.2) is 36.7 Å². The van der Waals surface area contributed by atoms with Gasteiger partial charge >= 0.3 is 5.97 Å². The second-order valence-corrected chi connectivity index (χ2v) is 4.68. The van der Waals surface area contributed by atoms with Crippen molar-refractivity contribution in [3.8, 4) is 5.75 Å². The van der Waals surface area contributed by atoms with Crippen molar-refractivity contribution in [2.24, 2.45) is 0 Å². The number of hydrogen-bond donors (Lipinski definition) is 3. The summed E-state index contributed by atoms with van der Waals surface area (Å²) in [5.74, 6) is -0.789. The molecule has 1 amide bonds. The molecule has 1 unspecified atom stereocenters. The first-order chi connectivity index (χ1) is 8.93. The molecule has 0 aromatic heterocycles. The number of methoxy groups -OCH3 is 1. The quantitative estimate of drug-likeness (QED) is 0.735. The van der Waals surface area contributed by atoms with E-state index in [1.165, 1.54) is 6.92 Å². The predicted molar refractivity (Wildman–Crippen MR) is 74.4 cm³/mol. The standard InChI is InChI=1S/C12H15BrN2O4/c1-7(16)15-10(12(17)18)6-14-8-3-4-11(19-2)9(13)5-8/h3-5,10,14H,6H2,1-2H3,(H,15,16)(H,17,18). The number of ether oxygens (including phenoxy) is 1. The first-order valence-electron chi connectivity index (χ1n) is 5.51. The van der Waals surface area contributed by atoms with Crippen LogP contribution in [0.25, 0.3) is 0 Å². The molecule has 1 aromatic rings. The van der Waals surface area contributed by atoms with Gasteiger partial charge in [-0.05, 0) is 34.1 Å². The summed E-state index contributed by atoms with van der Waals surface area (Å²) in [5, 5.41) is 14.2. The SMILES string of the molecule is COc1ccc(NCC(NC(C)=O)C(=O)O)cc1Br. The lowest BCUT2D eigenvalue weighted by Crippen LogP contribution is -2.44. The minimum atomic E-state index is -1.09. The van der Waals surface area contributed by atoms with Gasteiger partial charge in [-0.25, -0.2) is 4.79 Å². The fraction of sp³-hybridized carbons (Fsp3) is 0.333. The molecule has 6 nitrogen and oxygen atoms in total. The van der Waals surface area contributed by atoms with Gasteiger partial charge in [0.25, 0.3) is 0 Å². The molecule has 0 bridgehead atoms. The maximum atomic E-state index is 10.9. The number of hydrogen-bond acceptors (Lipinski definition) is 4. The zero-order valence-electron chi connectivity index (χ0n) is 10.6. The normalized spacial score (nSPS) is 11.5. The van der Waals surface area contributed by atoms with Gasteiger partial charge in [0.1, 0.15) is 11.8 Å². The maximum Gasteiger partial charge on any atom is 0.328 e. The van der Waals surface area contributed by atoms with Gasteiger partial charge in [0.15, 0.2) is 0 Å². The lowest BCUT2D eigenvalue weighted by atomic mass is 10.2. The maximum absolute atomic E-state index is 10.9. The van der Waals surface area contributed by atoms with E-state index in [2.05, 4.69) is 26.6 Å². The molecule has 7 heteroatoms. The minimum Gasteiger partial charge on any atom is -0.496 e. The summed E-state index contributed by atoms with van der Waals surface area (Å²) in [6.07, 6.45) is 0. The topological polar surface area (TPSA) is 87.7 Å². The van der Waals surface area contributed by atoms with Crippen LogP contribution in [0.2, 0.25) is 0 Å². The highest BCUT2D eigenvalue weighted by Crippen LogP contribution is 2.27. The van der Waals surface area contributed by atoms with Gasteiger partial charge < -0.3 is 20.5 Å². The summed E-state index contributed by atoms with van der Waals surface area (Å²) in [6.45, 7) is 1.37. The monoisotopic (exact) mass is 330 g/mol. The molecular formula is C12H15BrN2O4. The number of carboxylic acids is 1. The molecule has 0 aliphatic heterocycles. The van der Waals surface area contributed by atoms with Gasteiger partial charge in [0.2, 0.25) is 5.91 Å². The van der Waals surface area contributed by atoms with Crippen LogP contribution in [0.5, 0.6) is 5.75 Å². The van der Waals surface area contributed by atoms with Crippen LogP contribution in [0.15, 0.2) is 22.7 Å². The Balaban J connectivity index is 2.66. The number of aliphatic carboxylic acids is 1. The highest BCUT2D eigenvalue weighted by molar-refractivity contribution is 9.10. The number of nitrogens with one attached hydrogen (secondary N) is 2. The molecule has 0 heterocycles. The Morgan fingerprint density at radius 1 is 1.47 bits per heavy atom. The molecule has 0 aliphatic rings. The minimum absolute atomic E-state index is 0.0910. The molecule has 104 valence electrons. The number of carboxylic acid groups (broad SMARTS) is 1. The summed E-state index contributed by atoms with van der Waals surface area (Å²) in [5.41, 5.74) is 0.726. The molecule has 0 spiro atoms. The number of carbonyl (C=O) groups excluding carboxylic acids is 1. The Morgan fingerprint density at radius 2 is 2.16 bits per heavy atom. The Kier molecular flexibility index (Phi) is 5.62. The van der Waals surface area contributed by atoms with E-state index in [0.717, 1.165) is 10.2 Å². The van der Waals surface area contributed by atoms with E-state index >= 15 is 0 Å². The highest BCUT2D eigenvalue weighted by Gasteiger charge is 2.17. The van der Waals surface area contributed by atoms with Gasteiger partial charge in [-0.2, -0.15) is 0 Å². The van der Waals surface area contributed by atoms with Gasteiger partial charge in [-0.1, -0.05) is 0 Å². The number of benzene rings is 1. The largest absolute Gasteiger partial charge is 0.496 e. The lowest BCUT2D eigenvalue weighted by molar-refractivity contribution is -0.141. The molecular weight excluding hydrogens is 316 g/mol. The Bertz CT molecular complexity index is 479. The second kappa shape index (κ2) is 6.98. The van der Waals surface area contributed by atoms with E-state index in [0.29, 0.717) is 5.75 Å².